The van der Waals surface area contributed by atoms with Gasteiger partial charge in [0.1, 0.15) is 11.2 Å². The van der Waals surface area contributed by atoms with E-state index in [-0.39, 0.29) is 0 Å². The Morgan fingerprint density at radius 3 is 1.87 bits per heavy atom. The van der Waals surface area contributed by atoms with E-state index in [1.165, 1.54) is 44.5 Å². The fourth-order valence-electron chi connectivity index (χ4n) is 9.43. The van der Waals surface area contributed by atoms with E-state index < -0.39 is 5.41 Å². The summed E-state index contributed by atoms with van der Waals surface area (Å²) in [6.45, 7) is 0. The van der Waals surface area contributed by atoms with E-state index >= 15 is 0 Å². The van der Waals surface area contributed by atoms with Crippen molar-refractivity contribution in [3.63, 3.8) is 0 Å². The van der Waals surface area contributed by atoms with E-state index in [0.29, 0.717) is 0 Å². The Balaban J connectivity index is 1.20. The number of allylic oxidation sites excluding steroid dienone is 4. The third-order valence-electron chi connectivity index (χ3n) is 11.8. The van der Waals surface area contributed by atoms with Gasteiger partial charge < -0.3 is 9.32 Å². The van der Waals surface area contributed by atoms with Crippen molar-refractivity contribution in [2.45, 2.75) is 18.3 Å². The fourth-order valence-corrected chi connectivity index (χ4v) is 9.43. The molecule has 0 spiro atoms. The summed E-state index contributed by atoms with van der Waals surface area (Å²) >= 11 is 0. The molecule has 2 aliphatic rings. The van der Waals surface area contributed by atoms with E-state index in [0.717, 1.165) is 62.6 Å². The molecule has 0 bridgehead atoms. The summed E-state index contributed by atoms with van der Waals surface area (Å²) < 4.78 is 6.71. The van der Waals surface area contributed by atoms with Crippen molar-refractivity contribution in [2.24, 2.45) is 0 Å². The van der Waals surface area contributed by atoms with Crippen molar-refractivity contribution in [1.29, 1.82) is 0 Å². The van der Waals surface area contributed by atoms with Crippen LogP contribution in [-0.4, -0.2) is 0 Å². The summed E-state index contributed by atoms with van der Waals surface area (Å²) in [5.74, 6) is 0. The maximum Gasteiger partial charge on any atom is 0.143 e. The van der Waals surface area contributed by atoms with Gasteiger partial charge in [-0.1, -0.05) is 158 Å². The van der Waals surface area contributed by atoms with Gasteiger partial charge in [-0.05, 0) is 99.8 Å². The van der Waals surface area contributed by atoms with Gasteiger partial charge in [0.05, 0.1) is 11.1 Å². The Morgan fingerprint density at radius 1 is 0.491 bits per heavy atom. The van der Waals surface area contributed by atoms with Crippen molar-refractivity contribution in [1.82, 2.24) is 0 Å². The van der Waals surface area contributed by atoms with E-state index in [2.05, 4.69) is 205 Å². The van der Waals surface area contributed by atoms with E-state index in [9.17, 15) is 0 Å². The van der Waals surface area contributed by atoms with Gasteiger partial charge in [-0.2, -0.15) is 0 Å². The monoisotopic (exact) mass is 703 g/mol. The highest BCUT2D eigenvalue weighted by Crippen LogP contribution is 2.58. The van der Waals surface area contributed by atoms with Gasteiger partial charge in [-0.15, -0.1) is 0 Å². The topological polar surface area (TPSA) is 16.4 Å². The van der Waals surface area contributed by atoms with Crippen LogP contribution in [0.3, 0.4) is 0 Å². The molecule has 0 radical (unpaired) electrons. The summed E-state index contributed by atoms with van der Waals surface area (Å²) in [7, 11) is 0. The normalized spacial score (nSPS) is 14.4. The number of anilines is 3. The van der Waals surface area contributed by atoms with Crippen LogP contribution in [0, 0.1) is 0 Å². The lowest BCUT2D eigenvalue weighted by atomic mass is 9.66. The fraction of sp³-hybridized carbons (Fsp3) is 0.0566. The molecule has 0 fully saturated rings. The molecule has 2 aliphatic carbocycles. The van der Waals surface area contributed by atoms with Crippen molar-refractivity contribution in [2.75, 3.05) is 4.90 Å². The van der Waals surface area contributed by atoms with Crippen LogP contribution in [-0.2, 0) is 5.41 Å². The Kier molecular flexibility index (Phi) is 7.25. The van der Waals surface area contributed by atoms with Gasteiger partial charge in [-0.3, -0.25) is 0 Å². The van der Waals surface area contributed by atoms with Crippen LogP contribution in [0.25, 0.3) is 49.4 Å². The molecule has 0 saturated carbocycles. The molecule has 9 aromatic rings. The molecule has 1 heterocycles. The maximum absolute atomic E-state index is 6.71. The summed E-state index contributed by atoms with van der Waals surface area (Å²) in [6.07, 6.45) is 6.85. The molecule has 11 rings (SSSR count). The van der Waals surface area contributed by atoms with Crippen LogP contribution in [0.1, 0.15) is 35.1 Å². The van der Waals surface area contributed by atoms with Crippen LogP contribution in [0.5, 0.6) is 0 Å². The number of benzene rings is 8. The molecule has 55 heavy (non-hydrogen) atoms. The zero-order valence-electron chi connectivity index (χ0n) is 30.3. The molecule has 0 unspecified atom stereocenters. The molecule has 0 aliphatic heterocycles. The first-order chi connectivity index (χ1) is 27.3. The molecule has 0 N–H and O–H groups in total. The van der Waals surface area contributed by atoms with Gasteiger partial charge >= 0.3 is 0 Å². The van der Waals surface area contributed by atoms with Crippen LogP contribution in [0.4, 0.5) is 17.1 Å². The number of para-hydroxylation sites is 1. The molecule has 8 aromatic carbocycles. The first-order valence-electron chi connectivity index (χ1n) is 19.2. The highest BCUT2D eigenvalue weighted by molar-refractivity contribution is 6.20. The molecular formula is C53H37NO. The molecule has 2 heteroatoms. The molecule has 2 nitrogen and oxygen atoms in total. The largest absolute Gasteiger partial charge is 0.455 e. The van der Waals surface area contributed by atoms with Crippen molar-refractivity contribution in [3.05, 3.63) is 228 Å². The standard InChI is InChI=1S/C53H37NO/c1-5-17-36(18-6-1)37-29-32-51-46(33-37)47-35-50(44-26-13-14-27-45(44)52(47)55-51)54(40-23-11-4-12-24-40)41-30-31-43-42-25-15-16-28-48(42)53(49(43)34-41,38-19-7-2-8-20-38)39-21-9-3-10-22-39/h1-14,16-24,26-35H,15,25H2. The summed E-state index contributed by atoms with van der Waals surface area (Å²) in [6, 6.07) is 68.5. The Labute approximate surface area is 320 Å². The third-order valence-corrected chi connectivity index (χ3v) is 11.8. The number of rotatable bonds is 6. The van der Waals surface area contributed by atoms with Gasteiger partial charge in [0.25, 0.3) is 0 Å². The van der Waals surface area contributed by atoms with Crippen LogP contribution in [0.15, 0.2) is 210 Å². The Hall–Kier alpha value is -6.90. The van der Waals surface area contributed by atoms with Gasteiger partial charge in [-0.25, -0.2) is 0 Å². The molecular weight excluding hydrogens is 667 g/mol. The minimum absolute atomic E-state index is 0.455. The number of fused-ring (bicyclic) bond motifs is 7. The van der Waals surface area contributed by atoms with Gasteiger partial charge in [0.15, 0.2) is 0 Å². The molecule has 260 valence electrons. The van der Waals surface area contributed by atoms with Crippen LogP contribution >= 0.6 is 0 Å². The predicted molar refractivity (Wildman–Crippen MR) is 229 cm³/mol. The molecule has 0 saturated heterocycles. The first kappa shape index (κ1) is 31.6. The summed E-state index contributed by atoms with van der Waals surface area (Å²) in [5, 5.41) is 4.45. The quantitative estimate of drug-likeness (QED) is 0.171. The maximum atomic E-state index is 6.71. The number of hydrogen-bond donors (Lipinski definition) is 0. The zero-order chi connectivity index (χ0) is 36.3. The minimum atomic E-state index is -0.455. The van der Waals surface area contributed by atoms with Crippen LogP contribution < -0.4 is 4.90 Å². The molecule has 0 amide bonds. The molecule has 0 atom stereocenters. The molecule has 1 aromatic heterocycles. The van der Waals surface area contributed by atoms with Crippen molar-refractivity contribution < 1.29 is 4.42 Å². The van der Waals surface area contributed by atoms with E-state index in [4.69, 9.17) is 4.42 Å². The SMILES string of the molecule is C1=CC2=C(CC1)c1ccc(N(c3ccccc3)c3cc4c5cc(-c6ccccc6)ccc5oc4c4ccccc34)cc1C2(c1ccccc1)c1ccccc1. The Morgan fingerprint density at radius 2 is 1.15 bits per heavy atom. The highest BCUT2D eigenvalue weighted by atomic mass is 16.3. The van der Waals surface area contributed by atoms with Gasteiger partial charge in [0, 0.05) is 32.9 Å². The number of nitrogens with zero attached hydrogens (tertiary/aromatic N) is 1. The lowest BCUT2D eigenvalue weighted by Gasteiger charge is -2.36. The number of furan rings is 1. The third kappa shape index (κ3) is 4.81. The lowest BCUT2D eigenvalue weighted by Crippen LogP contribution is -2.29. The lowest BCUT2D eigenvalue weighted by molar-refractivity contribution is 0.672. The first-order valence-corrected chi connectivity index (χ1v) is 19.2. The average molecular weight is 704 g/mol. The predicted octanol–water partition coefficient (Wildman–Crippen LogP) is 14.3. The summed E-state index contributed by atoms with van der Waals surface area (Å²) in [5.41, 5.74) is 15.1. The van der Waals surface area contributed by atoms with Crippen LogP contribution in [0.2, 0.25) is 0 Å². The zero-order valence-corrected chi connectivity index (χ0v) is 30.3. The van der Waals surface area contributed by atoms with Gasteiger partial charge in [0.2, 0.25) is 0 Å². The smallest absolute Gasteiger partial charge is 0.143 e. The van der Waals surface area contributed by atoms with E-state index in [1.807, 2.05) is 0 Å². The highest BCUT2D eigenvalue weighted by Gasteiger charge is 2.47. The second-order valence-electron chi connectivity index (χ2n) is 14.7. The number of hydrogen-bond acceptors (Lipinski definition) is 2. The second kappa shape index (κ2) is 12.6. The minimum Gasteiger partial charge on any atom is -0.455 e. The van der Waals surface area contributed by atoms with Crippen molar-refractivity contribution in [3.8, 4) is 11.1 Å². The second-order valence-corrected chi connectivity index (χ2v) is 14.7. The van der Waals surface area contributed by atoms with Crippen molar-refractivity contribution >= 4 is 55.3 Å². The Bertz CT molecular complexity index is 2920. The average Bonchev–Trinajstić information content (AvgIpc) is 3.78. The van der Waals surface area contributed by atoms with E-state index in [1.54, 1.807) is 0 Å². The summed E-state index contributed by atoms with van der Waals surface area (Å²) in [4.78, 5) is 2.45.